The van der Waals surface area contributed by atoms with Crippen LogP contribution in [0.3, 0.4) is 0 Å². The topological polar surface area (TPSA) is 58.6 Å². The van der Waals surface area contributed by atoms with Crippen molar-refractivity contribution < 1.29 is 14.6 Å². The van der Waals surface area contributed by atoms with Crippen LogP contribution in [0.25, 0.3) is 0 Å². The second-order valence-electron chi connectivity index (χ2n) is 4.68. The molecule has 3 rings (SSSR count). The third-order valence-corrected chi connectivity index (χ3v) is 5.03. The van der Waals surface area contributed by atoms with Gasteiger partial charge in [-0.15, -0.1) is 0 Å². The SMILES string of the molecule is COc1ccc2c(c1)C1NC(C(=O)O)CSC1C2. The first-order chi connectivity index (χ1) is 8.69. The van der Waals surface area contributed by atoms with E-state index in [1.54, 1.807) is 18.9 Å². The zero-order chi connectivity index (χ0) is 12.7. The van der Waals surface area contributed by atoms with Crippen molar-refractivity contribution in [2.24, 2.45) is 0 Å². The predicted octanol–water partition coefficient (Wildman–Crippen LogP) is 1.45. The van der Waals surface area contributed by atoms with Crippen molar-refractivity contribution in [1.82, 2.24) is 5.32 Å². The lowest BCUT2D eigenvalue weighted by Crippen LogP contribution is -2.47. The molecule has 3 unspecified atom stereocenters. The van der Waals surface area contributed by atoms with Crippen LogP contribution in [0.5, 0.6) is 5.75 Å². The highest BCUT2D eigenvalue weighted by Gasteiger charge is 2.39. The maximum absolute atomic E-state index is 11.1. The summed E-state index contributed by atoms with van der Waals surface area (Å²) in [6.45, 7) is 0. The minimum atomic E-state index is -0.766. The number of carboxylic acid groups (broad SMARTS) is 1. The molecule has 1 aliphatic heterocycles. The summed E-state index contributed by atoms with van der Waals surface area (Å²) in [5.41, 5.74) is 2.50. The molecule has 0 aromatic heterocycles. The number of ether oxygens (including phenoxy) is 1. The highest BCUT2D eigenvalue weighted by Crippen LogP contribution is 2.42. The van der Waals surface area contributed by atoms with Crippen LogP contribution in [0.2, 0.25) is 0 Å². The van der Waals surface area contributed by atoms with E-state index in [9.17, 15) is 4.79 Å². The van der Waals surface area contributed by atoms with Gasteiger partial charge in [0.15, 0.2) is 0 Å². The Kier molecular flexibility index (Phi) is 2.95. The summed E-state index contributed by atoms with van der Waals surface area (Å²) in [6.07, 6.45) is 1.01. The fraction of sp³-hybridized carbons (Fsp3) is 0.462. The predicted molar refractivity (Wildman–Crippen MR) is 70.2 cm³/mol. The average molecular weight is 265 g/mol. The largest absolute Gasteiger partial charge is 0.497 e. The number of hydrogen-bond acceptors (Lipinski definition) is 4. The fourth-order valence-electron chi connectivity index (χ4n) is 2.69. The monoisotopic (exact) mass is 265 g/mol. The van der Waals surface area contributed by atoms with Gasteiger partial charge in [0.1, 0.15) is 11.8 Å². The number of rotatable bonds is 2. The van der Waals surface area contributed by atoms with Gasteiger partial charge < -0.3 is 9.84 Å². The van der Waals surface area contributed by atoms with Crippen LogP contribution in [0.4, 0.5) is 0 Å². The molecule has 1 aromatic carbocycles. The maximum atomic E-state index is 11.1. The molecule has 1 saturated heterocycles. The molecule has 0 amide bonds. The highest BCUT2D eigenvalue weighted by molar-refractivity contribution is 8.00. The first-order valence-corrected chi connectivity index (χ1v) is 7.01. The number of nitrogens with one attached hydrogen (secondary N) is 1. The van der Waals surface area contributed by atoms with Crippen LogP contribution >= 0.6 is 11.8 Å². The normalized spacial score (nSPS) is 29.5. The third-order valence-electron chi connectivity index (χ3n) is 3.64. The maximum Gasteiger partial charge on any atom is 0.321 e. The number of carboxylic acids is 1. The Balaban J connectivity index is 1.90. The number of hydrogen-bond donors (Lipinski definition) is 2. The number of carbonyl (C=O) groups is 1. The Hall–Kier alpha value is -1.20. The van der Waals surface area contributed by atoms with Crippen LogP contribution in [0.15, 0.2) is 18.2 Å². The molecule has 3 atom stereocenters. The number of fused-ring (bicyclic) bond motifs is 3. The summed E-state index contributed by atoms with van der Waals surface area (Å²) in [5.74, 6) is 0.706. The van der Waals surface area contributed by atoms with Crippen molar-refractivity contribution >= 4 is 17.7 Å². The first kappa shape index (κ1) is 11.9. The summed E-state index contributed by atoms with van der Waals surface area (Å²) >= 11 is 1.76. The van der Waals surface area contributed by atoms with Gasteiger partial charge in [0.25, 0.3) is 0 Å². The van der Waals surface area contributed by atoms with E-state index in [1.165, 1.54) is 11.1 Å². The molecule has 1 heterocycles. The van der Waals surface area contributed by atoms with Gasteiger partial charge in [-0.05, 0) is 29.7 Å². The third kappa shape index (κ3) is 1.87. The molecule has 96 valence electrons. The van der Waals surface area contributed by atoms with E-state index in [1.807, 2.05) is 12.1 Å². The molecule has 0 spiro atoms. The number of aliphatic carboxylic acids is 1. The molecule has 0 bridgehead atoms. The van der Waals surface area contributed by atoms with Gasteiger partial charge >= 0.3 is 5.97 Å². The molecule has 5 heteroatoms. The zero-order valence-corrected chi connectivity index (χ0v) is 10.9. The average Bonchev–Trinajstić information content (AvgIpc) is 2.75. The quantitative estimate of drug-likeness (QED) is 0.847. The van der Waals surface area contributed by atoms with Crippen LogP contribution in [-0.2, 0) is 11.2 Å². The van der Waals surface area contributed by atoms with Crippen LogP contribution in [-0.4, -0.2) is 35.2 Å². The Morgan fingerprint density at radius 2 is 2.39 bits per heavy atom. The van der Waals surface area contributed by atoms with E-state index in [-0.39, 0.29) is 6.04 Å². The number of thioether (sulfide) groups is 1. The van der Waals surface area contributed by atoms with Gasteiger partial charge in [0, 0.05) is 17.0 Å². The Bertz CT molecular complexity index is 491. The molecular formula is C13H15NO3S. The Labute approximate surface area is 110 Å². The molecule has 1 aliphatic carbocycles. The van der Waals surface area contributed by atoms with Crippen molar-refractivity contribution in [3.8, 4) is 5.75 Å². The lowest BCUT2D eigenvalue weighted by atomic mass is 10.1. The molecule has 0 radical (unpaired) electrons. The van der Waals surface area contributed by atoms with Crippen molar-refractivity contribution in [2.45, 2.75) is 23.8 Å². The molecule has 18 heavy (non-hydrogen) atoms. The van der Waals surface area contributed by atoms with Crippen molar-refractivity contribution in [3.63, 3.8) is 0 Å². The molecule has 0 saturated carbocycles. The number of methoxy groups -OCH3 is 1. The van der Waals surface area contributed by atoms with E-state index in [4.69, 9.17) is 9.84 Å². The van der Waals surface area contributed by atoms with E-state index in [2.05, 4.69) is 11.4 Å². The standard InChI is InChI=1S/C13H15NO3S/c1-17-8-3-2-7-4-11-12(9(7)5-8)14-10(6-18-11)13(15)16/h2-3,5,10-12,14H,4,6H2,1H3,(H,15,16). The van der Waals surface area contributed by atoms with Crippen LogP contribution in [0.1, 0.15) is 17.2 Å². The van der Waals surface area contributed by atoms with Gasteiger partial charge in [0.05, 0.1) is 7.11 Å². The van der Waals surface area contributed by atoms with E-state index in [0.717, 1.165) is 12.2 Å². The van der Waals surface area contributed by atoms with Gasteiger partial charge in [0.2, 0.25) is 0 Å². The molecule has 2 aliphatic rings. The van der Waals surface area contributed by atoms with E-state index in [0.29, 0.717) is 11.0 Å². The fourth-order valence-corrected chi connectivity index (χ4v) is 4.08. The zero-order valence-electron chi connectivity index (χ0n) is 10.1. The molecular weight excluding hydrogens is 250 g/mol. The number of benzene rings is 1. The summed E-state index contributed by atoms with van der Waals surface area (Å²) in [4.78, 5) is 11.1. The van der Waals surface area contributed by atoms with Crippen molar-refractivity contribution in [3.05, 3.63) is 29.3 Å². The Morgan fingerprint density at radius 3 is 3.11 bits per heavy atom. The van der Waals surface area contributed by atoms with Gasteiger partial charge in [-0.3, -0.25) is 10.1 Å². The van der Waals surface area contributed by atoms with Crippen LogP contribution < -0.4 is 10.1 Å². The molecule has 4 nitrogen and oxygen atoms in total. The van der Waals surface area contributed by atoms with Gasteiger partial charge in [-0.1, -0.05) is 6.07 Å². The highest BCUT2D eigenvalue weighted by atomic mass is 32.2. The minimum absolute atomic E-state index is 0.134. The van der Waals surface area contributed by atoms with E-state index < -0.39 is 12.0 Å². The molecule has 1 aromatic rings. The second kappa shape index (κ2) is 4.48. The lowest BCUT2D eigenvalue weighted by molar-refractivity contribution is -0.139. The molecule has 2 N–H and O–H groups in total. The minimum Gasteiger partial charge on any atom is -0.497 e. The first-order valence-electron chi connectivity index (χ1n) is 5.96. The Morgan fingerprint density at radius 1 is 1.56 bits per heavy atom. The second-order valence-corrected chi connectivity index (χ2v) is 5.95. The van der Waals surface area contributed by atoms with E-state index >= 15 is 0 Å². The summed E-state index contributed by atoms with van der Waals surface area (Å²) in [7, 11) is 1.65. The summed E-state index contributed by atoms with van der Waals surface area (Å²) < 4.78 is 5.24. The van der Waals surface area contributed by atoms with Gasteiger partial charge in [-0.2, -0.15) is 11.8 Å². The van der Waals surface area contributed by atoms with Crippen molar-refractivity contribution in [2.75, 3.05) is 12.9 Å². The van der Waals surface area contributed by atoms with Crippen LogP contribution in [0, 0.1) is 0 Å². The smallest absolute Gasteiger partial charge is 0.321 e. The lowest BCUT2D eigenvalue weighted by Gasteiger charge is -2.31. The van der Waals surface area contributed by atoms with Crippen molar-refractivity contribution in [1.29, 1.82) is 0 Å². The summed E-state index contributed by atoms with van der Waals surface area (Å²) in [6, 6.07) is 5.76. The van der Waals surface area contributed by atoms with Gasteiger partial charge in [-0.25, -0.2) is 0 Å². The molecule has 1 fully saturated rings. The summed E-state index contributed by atoms with van der Waals surface area (Å²) in [5, 5.41) is 12.8.